The maximum atomic E-state index is 12.4. The number of anilines is 1. The molecule has 2 aromatic heterocycles. The van der Waals surface area contributed by atoms with E-state index in [0.29, 0.717) is 29.1 Å². The van der Waals surface area contributed by atoms with Crippen LogP contribution in [-0.2, 0) is 0 Å². The molecule has 0 radical (unpaired) electrons. The van der Waals surface area contributed by atoms with Crippen molar-refractivity contribution in [2.24, 2.45) is 0 Å². The molecule has 0 spiro atoms. The van der Waals surface area contributed by atoms with E-state index < -0.39 is 0 Å². The first kappa shape index (κ1) is 14.7. The molecule has 3 rings (SSSR count). The van der Waals surface area contributed by atoms with Gasteiger partial charge in [0, 0.05) is 12.6 Å². The summed E-state index contributed by atoms with van der Waals surface area (Å²) in [6.45, 7) is 2.31. The van der Waals surface area contributed by atoms with Crippen LogP contribution in [-0.4, -0.2) is 58.5 Å². The summed E-state index contributed by atoms with van der Waals surface area (Å²) in [4.78, 5) is 16.7. The SMILES string of the molecule is O=C(NC1CCNCC1)c1n[nH]c2nc(NCCO)ccc12. The van der Waals surface area contributed by atoms with Gasteiger partial charge in [0.15, 0.2) is 11.3 Å². The summed E-state index contributed by atoms with van der Waals surface area (Å²) in [6.07, 6.45) is 1.86. The topological polar surface area (TPSA) is 115 Å². The van der Waals surface area contributed by atoms with Crippen LogP contribution in [0.3, 0.4) is 0 Å². The molecule has 1 aliphatic rings. The highest BCUT2D eigenvalue weighted by molar-refractivity contribution is 6.04. The van der Waals surface area contributed by atoms with Gasteiger partial charge in [-0.05, 0) is 38.1 Å². The molecule has 3 heterocycles. The molecule has 5 N–H and O–H groups in total. The molecule has 22 heavy (non-hydrogen) atoms. The molecule has 0 aromatic carbocycles. The molecule has 8 nitrogen and oxygen atoms in total. The van der Waals surface area contributed by atoms with Crippen LogP contribution in [0.1, 0.15) is 23.3 Å². The predicted octanol–water partition coefficient (Wildman–Crippen LogP) is -0.156. The van der Waals surface area contributed by atoms with Crippen molar-refractivity contribution in [3.63, 3.8) is 0 Å². The summed E-state index contributed by atoms with van der Waals surface area (Å²) in [5.74, 6) is 0.464. The number of nitrogens with zero attached hydrogens (tertiary/aromatic N) is 2. The highest BCUT2D eigenvalue weighted by Crippen LogP contribution is 2.17. The average molecular weight is 304 g/mol. The Bertz CT molecular complexity index is 650. The van der Waals surface area contributed by atoms with E-state index in [1.807, 2.05) is 6.07 Å². The molecule has 0 saturated carbocycles. The van der Waals surface area contributed by atoms with Crippen molar-refractivity contribution in [3.8, 4) is 0 Å². The fourth-order valence-electron chi connectivity index (χ4n) is 2.58. The lowest BCUT2D eigenvalue weighted by Crippen LogP contribution is -2.42. The third-order valence-electron chi connectivity index (χ3n) is 3.73. The van der Waals surface area contributed by atoms with Crippen LogP contribution >= 0.6 is 0 Å². The Morgan fingerprint density at radius 3 is 2.95 bits per heavy atom. The molecular weight excluding hydrogens is 284 g/mol. The number of hydrogen-bond donors (Lipinski definition) is 5. The van der Waals surface area contributed by atoms with Crippen LogP contribution in [0.25, 0.3) is 11.0 Å². The Kier molecular flexibility index (Phi) is 4.50. The third-order valence-corrected chi connectivity index (χ3v) is 3.73. The first-order valence-electron chi connectivity index (χ1n) is 7.49. The number of pyridine rings is 1. The number of aliphatic hydroxyl groups is 1. The van der Waals surface area contributed by atoms with Gasteiger partial charge in [-0.2, -0.15) is 5.10 Å². The Hall–Kier alpha value is -2.19. The minimum Gasteiger partial charge on any atom is -0.395 e. The second kappa shape index (κ2) is 6.71. The predicted molar refractivity (Wildman–Crippen MR) is 82.8 cm³/mol. The molecule has 1 aliphatic heterocycles. The van der Waals surface area contributed by atoms with Crippen LogP contribution in [0.15, 0.2) is 12.1 Å². The smallest absolute Gasteiger partial charge is 0.272 e. The van der Waals surface area contributed by atoms with E-state index in [9.17, 15) is 4.79 Å². The number of hydrogen-bond acceptors (Lipinski definition) is 6. The maximum Gasteiger partial charge on any atom is 0.272 e. The quantitative estimate of drug-likeness (QED) is 0.524. The van der Waals surface area contributed by atoms with Gasteiger partial charge >= 0.3 is 0 Å². The lowest BCUT2D eigenvalue weighted by Gasteiger charge is -2.23. The third kappa shape index (κ3) is 3.18. The summed E-state index contributed by atoms with van der Waals surface area (Å²) < 4.78 is 0. The number of H-pyrrole nitrogens is 1. The summed E-state index contributed by atoms with van der Waals surface area (Å²) in [5, 5.41) is 25.6. The van der Waals surface area contributed by atoms with Crippen molar-refractivity contribution >= 4 is 22.8 Å². The van der Waals surface area contributed by atoms with E-state index in [2.05, 4.69) is 31.1 Å². The number of nitrogens with one attached hydrogen (secondary N) is 4. The molecule has 1 fully saturated rings. The Morgan fingerprint density at radius 1 is 1.36 bits per heavy atom. The number of carbonyl (C=O) groups excluding carboxylic acids is 1. The van der Waals surface area contributed by atoms with Crippen LogP contribution < -0.4 is 16.0 Å². The van der Waals surface area contributed by atoms with Gasteiger partial charge in [-0.3, -0.25) is 9.89 Å². The summed E-state index contributed by atoms with van der Waals surface area (Å²) in [7, 11) is 0. The van der Waals surface area contributed by atoms with Crippen LogP contribution in [0.2, 0.25) is 0 Å². The van der Waals surface area contributed by atoms with Crippen molar-refractivity contribution in [2.45, 2.75) is 18.9 Å². The molecule has 8 heteroatoms. The molecule has 0 aliphatic carbocycles. The van der Waals surface area contributed by atoms with Gasteiger partial charge in [-0.15, -0.1) is 0 Å². The highest BCUT2D eigenvalue weighted by atomic mass is 16.3. The zero-order valence-electron chi connectivity index (χ0n) is 12.2. The van der Waals surface area contributed by atoms with Gasteiger partial charge in [-0.25, -0.2) is 4.98 Å². The number of aromatic nitrogens is 3. The maximum absolute atomic E-state index is 12.4. The van der Waals surface area contributed by atoms with Gasteiger partial charge in [0.25, 0.3) is 5.91 Å². The fraction of sp³-hybridized carbons (Fsp3) is 0.500. The summed E-state index contributed by atoms with van der Waals surface area (Å²) in [6, 6.07) is 3.77. The lowest BCUT2D eigenvalue weighted by molar-refractivity contribution is 0.0926. The number of fused-ring (bicyclic) bond motifs is 1. The van der Waals surface area contributed by atoms with Crippen molar-refractivity contribution in [2.75, 3.05) is 31.6 Å². The molecule has 0 atom stereocenters. The van der Waals surface area contributed by atoms with E-state index in [4.69, 9.17) is 5.11 Å². The first-order valence-corrected chi connectivity index (χ1v) is 7.49. The summed E-state index contributed by atoms with van der Waals surface area (Å²) >= 11 is 0. The Labute approximate surface area is 127 Å². The number of amides is 1. The number of piperidine rings is 1. The van der Waals surface area contributed by atoms with Gasteiger partial charge in [0.05, 0.1) is 12.0 Å². The normalized spacial score (nSPS) is 15.9. The van der Waals surface area contributed by atoms with Gasteiger partial charge < -0.3 is 21.1 Å². The standard InChI is InChI=1S/C14H20N6O2/c21-8-7-16-11-2-1-10-12(19-20-13(10)18-11)14(22)17-9-3-5-15-6-4-9/h1-2,9,15,21H,3-8H2,(H,17,22)(H2,16,18,19,20). The van der Waals surface area contributed by atoms with Gasteiger partial charge in [0.2, 0.25) is 0 Å². The molecule has 1 amide bonds. The van der Waals surface area contributed by atoms with E-state index in [0.717, 1.165) is 25.9 Å². The highest BCUT2D eigenvalue weighted by Gasteiger charge is 2.20. The first-order chi connectivity index (χ1) is 10.8. The average Bonchev–Trinajstić information content (AvgIpc) is 2.97. The fourth-order valence-corrected chi connectivity index (χ4v) is 2.58. The largest absolute Gasteiger partial charge is 0.395 e. The van der Waals surface area contributed by atoms with Crippen molar-refractivity contribution in [1.29, 1.82) is 0 Å². The number of rotatable bonds is 5. The zero-order valence-corrected chi connectivity index (χ0v) is 12.2. The molecule has 118 valence electrons. The van der Waals surface area contributed by atoms with Crippen molar-refractivity contribution < 1.29 is 9.90 Å². The number of carbonyl (C=O) groups is 1. The monoisotopic (exact) mass is 304 g/mol. The van der Waals surface area contributed by atoms with Crippen LogP contribution in [0.4, 0.5) is 5.82 Å². The minimum absolute atomic E-state index is 0.0343. The number of aromatic amines is 1. The van der Waals surface area contributed by atoms with E-state index in [1.165, 1.54) is 0 Å². The number of aliphatic hydroxyl groups excluding tert-OH is 1. The van der Waals surface area contributed by atoms with Crippen molar-refractivity contribution in [3.05, 3.63) is 17.8 Å². The minimum atomic E-state index is -0.170. The Morgan fingerprint density at radius 2 is 2.18 bits per heavy atom. The van der Waals surface area contributed by atoms with Gasteiger partial charge in [-0.1, -0.05) is 0 Å². The van der Waals surface area contributed by atoms with Crippen LogP contribution in [0, 0.1) is 0 Å². The van der Waals surface area contributed by atoms with Crippen LogP contribution in [0.5, 0.6) is 0 Å². The van der Waals surface area contributed by atoms with E-state index in [-0.39, 0.29) is 18.6 Å². The second-order valence-electron chi connectivity index (χ2n) is 5.31. The molecule has 0 unspecified atom stereocenters. The molecule has 2 aromatic rings. The molecular formula is C14H20N6O2. The molecule has 1 saturated heterocycles. The molecule has 0 bridgehead atoms. The van der Waals surface area contributed by atoms with Gasteiger partial charge in [0.1, 0.15) is 5.82 Å². The second-order valence-corrected chi connectivity index (χ2v) is 5.31. The van der Waals surface area contributed by atoms with Crippen molar-refractivity contribution in [1.82, 2.24) is 25.8 Å². The summed E-state index contributed by atoms with van der Waals surface area (Å²) in [5.41, 5.74) is 0.924. The lowest BCUT2D eigenvalue weighted by atomic mass is 10.1. The Balaban J connectivity index is 1.74. The van der Waals surface area contributed by atoms with E-state index in [1.54, 1.807) is 6.07 Å². The zero-order chi connectivity index (χ0) is 15.4. The van der Waals surface area contributed by atoms with E-state index >= 15 is 0 Å².